The maximum absolute atomic E-state index is 11.9. The number of allylic oxidation sites excluding steroid dienone is 1. The van der Waals surface area contributed by atoms with Crippen molar-refractivity contribution in [3.8, 4) is 0 Å². The average Bonchev–Trinajstić information content (AvgIpc) is 2.96. The number of fused-ring (bicyclic) bond motifs is 5. The molecule has 0 radical (unpaired) electrons. The molecule has 27 heavy (non-hydrogen) atoms. The van der Waals surface area contributed by atoms with Crippen LogP contribution in [0.3, 0.4) is 0 Å². The highest BCUT2D eigenvalue weighted by atomic mass is 17.3. The van der Waals surface area contributed by atoms with E-state index >= 15 is 0 Å². The summed E-state index contributed by atoms with van der Waals surface area (Å²) in [4.78, 5) is 32.0. The Bertz CT molecular complexity index is 713. The number of hydrogen-bond donors (Lipinski definition) is 1. The molecule has 0 spiro atoms. The maximum atomic E-state index is 11.9. The van der Waals surface area contributed by atoms with Crippen LogP contribution in [0.4, 0.5) is 0 Å². The van der Waals surface area contributed by atoms with Crippen LogP contribution in [-0.4, -0.2) is 29.2 Å². The van der Waals surface area contributed by atoms with Gasteiger partial charge in [-0.2, -0.15) is 4.89 Å². The van der Waals surface area contributed by atoms with E-state index in [-0.39, 0.29) is 10.8 Å². The average molecular weight is 375 g/mol. The summed E-state index contributed by atoms with van der Waals surface area (Å²) < 4.78 is 0. The van der Waals surface area contributed by atoms with Crippen molar-refractivity contribution >= 4 is 17.5 Å². The number of aliphatic carboxylic acids is 1. The minimum atomic E-state index is -1.07. The predicted octanol–water partition coefficient (Wildman–Crippen LogP) is 3.91. The van der Waals surface area contributed by atoms with Crippen LogP contribution >= 0.6 is 0 Å². The van der Waals surface area contributed by atoms with Crippen molar-refractivity contribution in [3.05, 3.63) is 11.6 Å². The van der Waals surface area contributed by atoms with Crippen LogP contribution in [-0.2, 0) is 19.5 Å². The summed E-state index contributed by atoms with van der Waals surface area (Å²) in [6, 6.07) is 0. The number of ketones is 1. The summed E-state index contributed by atoms with van der Waals surface area (Å²) >= 11 is 0. The quantitative estimate of drug-likeness (QED) is 0.457. The van der Waals surface area contributed by atoms with Gasteiger partial charge in [-0.05, 0) is 74.2 Å². The van der Waals surface area contributed by atoms with Gasteiger partial charge in [0.1, 0.15) is 0 Å². The highest BCUT2D eigenvalue weighted by Gasteiger charge is 2.58. The lowest BCUT2D eigenvalue weighted by molar-refractivity contribution is -0.293. The van der Waals surface area contributed by atoms with E-state index in [4.69, 9.17) is 10.1 Å². The number of carbonyl (C=O) groups is 2. The summed E-state index contributed by atoms with van der Waals surface area (Å²) in [6.07, 6.45) is 10.0. The fraction of sp³-hybridized carbons (Fsp3) is 0.762. The van der Waals surface area contributed by atoms with Crippen LogP contribution in [0.1, 0.15) is 65.2 Å². The van der Waals surface area contributed by atoms with Gasteiger partial charge in [-0.3, -0.25) is 4.79 Å². The van der Waals surface area contributed by atoms with Crippen LogP contribution in [0.15, 0.2) is 16.8 Å². The lowest BCUT2D eigenvalue weighted by Gasteiger charge is -2.57. The molecular weight excluding hydrogens is 346 g/mol. The predicted molar refractivity (Wildman–Crippen MR) is 98.8 cm³/mol. The molecule has 0 heterocycles. The zero-order chi connectivity index (χ0) is 19.2. The van der Waals surface area contributed by atoms with Crippen molar-refractivity contribution in [2.24, 2.45) is 33.7 Å². The summed E-state index contributed by atoms with van der Waals surface area (Å²) in [7, 11) is 0. The molecule has 0 amide bonds. The molecule has 3 fully saturated rings. The number of nitrogens with zero attached hydrogens (tertiary/aromatic N) is 1. The Labute approximate surface area is 159 Å². The third kappa shape index (κ3) is 3.02. The molecule has 0 saturated heterocycles. The lowest BCUT2D eigenvalue weighted by Crippen LogP contribution is -2.50. The lowest BCUT2D eigenvalue weighted by atomic mass is 9.47. The van der Waals surface area contributed by atoms with Gasteiger partial charge in [-0.15, -0.1) is 0 Å². The van der Waals surface area contributed by atoms with Crippen molar-refractivity contribution < 1.29 is 24.6 Å². The summed E-state index contributed by atoms with van der Waals surface area (Å²) in [5.41, 5.74) is 2.59. The normalized spacial score (nSPS) is 42.1. The zero-order valence-corrected chi connectivity index (χ0v) is 16.2. The first kappa shape index (κ1) is 18.7. The van der Waals surface area contributed by atoms with Crippen LogP contribution in [0, 0.1) is 28.6 Å². The highest BCUT2D eigenvalue weighted by Crippen LogP contribution is 2.64. The molecule has 0 bridgehead atoms. The van der Waals surface area contributed by atoms with Gasteiger partial charge in [0.2, 0.25) is 0 Å². The smallest absolute Gasteiger partial charge is 0.334 e. The van der Waals surface area contributed by atoms with Crippen molar-refractivity contribution in [3.63, 3.8) is 0 Å². The van der Waals surface area contributed by atoms with Gasteiger partial charge >= 0.3 is 5.97 Å². The first-order chi connectivity index (χ1) is 12.8. The summed E-state index contributed by atoms with van der Waals surface area (Å²) in [5.74, 6) is 1.11. The number of carbonyl (C=O) groups excluding carboxylic acids is 1. The molecule has 0 unspecified atom stereocenters. The Hall–Kier alpha value is -1.69. The zero-order valence-electron chi connectivity index (χ0n) is 16.2. The third-order valence-corrected chi connectivity index (χ3v) is 8.09. The molecule has 3 saturated carbocycles. The molecule has 148 valence electrons. The van der Waals surface area contributed by atoms with Gasteiger partial charge in [0.05, 0.1) is 5.71 Å². The molecule has 6 heteroatoms. The molecule has 4 rings (SSSR count). The van der Waals surface area contributed by atoms with Crippen LogP contribution in [0.5, 0.6) is 0 Å². The molecule has 0 aromatic heterocycles. The second-order valence-corrected chi connectivity index (χ2v) is 9.23. The molecule has 4 aliphatic carbocycles. The molecule has 1 N–H and O–H groups in total. The Balaban J connectivity index is 1.52. The van der Waals surface area contributed by atoms with E-state index in [1.54, 1.807) is 0 Å². The van der Waals surface area contributed by atoms with E-state index in [0.717, 1.165) is 50.7 Å². The Morgan fingerprint density at radius 2 is 1.93 bits per heavy atom. The van der Waals surface area contributed by atoms with Crippen LogP contribution in [0.25, 0.3) is 0 Å². The van der Waals surface area contributed by atoms with Crippen LogP contribution < -0.4 is 0 Å². The SMILES string of the molecule is C[C@]12CCC(=O)C=C1CC[C@@H]1[C@@H]2CC[C@]2(C)C(=NOOCC(=O)O)CC[C@@H]12. The number of hydrogen-bond acceptors (Lipinski definition) is 5. The standard InChI is InChI=1S/C21H29NO5/c1-20-9-7-14(23)11-13(20)3-4-15-16-5-6-18(22-27-26-12-19(24)25)21(16,2)10-8-17(15)20/h11,15-17H,3-10,12H2,1-2H3,(H,24,25)/t15-,16-,17-,20-,21-/m0/s1. The number of rotatable bonds is 4. The fourth-order valence-corrected chi connectivity index (χ4v) is 6.65. The fourth-order valence-electron chi connectivity index (χ4n) is 6.65. The van der Waals surface area contributed by atoms with E-state index in [1.165, 1.54) is 5.57 Å². The highest BCUT2D eigenvalue weighted by molar-refractivity contribution is 5.92. The molecule has 4 aliphatic rings. The van der Waals surface area contributed by atoms with E-state index in [1.807, 2.05) is 6.08 Å². The van der Waals surface area contributed by atoms with Gasteiger partial charge < -0.3 is 5.11 Å². The van der Waals surface area contributed by atoms with Crippen molar-refractivity contribution in [2.45, 2.75) is 65.2 Å². The molecule has 0 aromatic rings. The Kier molecular flexibility index (Phi) is 4.65. The van der Waals surface area contributed by atoms with Gasteiger partial charge in [0.15, 0.2) is 12.4 Å². The summed E-state index contributed by atoms with van der Waals surface area (Å²) in [5, 5.41) is 12.8. The van der Waals surface area contributed by atoms with E-state index in [0.29, 0.717) is 30.0 Å². The molecule has 6 nitrogen and oxygen atoms in total. The maximum Gasteiger partial charge on any atom is 0.334 e. The molecule has 0 aromatic carbocycles. The minimum absolute atomic E-state index is 0.00974. The first-order valence-electron chi connectivity index (χ1n) is 10.2. The molecular formula is C21H29NO5. The van der Waals surface area contributed by atoms with E-state index < -0.39 is 12.6 Å². The van der Waals surface area contributed by atoms with Gasteiger partial charge in [0, 0.05) is 11.8 Å². The molecule has 0 aliphatic heterocycles. The van der Waals surface area contributed by atoms with E-state index in [9.17, 15) is 9.59 Å². The van der Waals surface area contributed by atoms with Gasteiger partial charge in [-0.1, -0.05) is 24.6 Å². The first-order valence-corrected chi connectivity index (χ1v) is 10.2. The van der Waals surface area contributed by atoms with Gasteiger partial charge in [-0.25, -0.2) is 9.78 Å². The van der Waals surface area contributed by atoms with Crippen molar-refractivity contribution in [1.82, 2.24) is 0 Å². The third-order valence-electron chi connectivity index (χ3n) is 8.09. The second-order valence-electron chi connectivity index (χ2n) is 9.23. The number of carboxylic acids is 1. The van der Waals surface area contributed by atoms with Crippen LogP contribution in [0.2, 0.25) is 0 Å². The van der Waals surface area contributed by atoms with E-state index in [2.05, 4.69) is 23.9 Å². The number of carboxylic acid groups (broad SMARTS) is 1. The minimum Gasteiger partial charge on any atom is -0.479 e. The van der Waals surface area contributed by atoms with Crippen molar-refractivity contribution in [2.75, 3.05) is 6.61 Å². The summed E-state index contributed by atoms with van der Waals surface area (Å²) in [6.45, 7) is 4.17. The Morgan fingerprint density at radius 3 is 2.70 bits per heavy atom. The monoisotopic (exact) mass is 375 g/mol. The number of oxime groups is 1. The Morgan fingerprint density at radius 1 is 1.15 bits per heavy atom. The topological polar surface area (TPSA) is 85.2 Å². The largest absolute Gasteiger partial charge is 0.479 e. The second kappa shape index (κ2) is 6.73. The van der Waals surface area contributed by atoms with Crippen molar-refractivity contribution in [1.29, 1.82) is 0 Å². The van der Waals surface area contributed by atoms with Gasteiger partial charge in [0.25, 0.3) is 0 Å². The molecule has 5 atom stereocenters.